The fourth-order valence-electron chi connectivity index (χ4n) is 2.48. The summed E-state index contributed by atoms with van der Waals surface area (Å²) < 4.78 is 40.6. The monoisotopic (exact) mass is 398 g/mol. The number of rotatable bonds is 8. The number of hydrogen-bond acceptors (Lipinski definition) is 5. The molecule has 3 rings (SSSR count). The Morgan fingerprint density at radius 2 is 1.39 bits per heavy atom. The Kier molecular flexibility index (Phi) is 6.34. The molecule has 0 aliphatic heterocycles. The summed E-state index contributed by atoms with van der Waals surface area (Å²) in [6, 6.07) is 21.4. The van der Waals surface area contributed by atoms with Crippen LogP contribution in [0.15, 0.2) is 77.7 Å². The van der Waals surface area contributed by atoms with E-state index in [1.165, 1.54) is 12.1 Å². The lowest BCUT2D eigenvalue weighted by Crippen LogP contribution is -2.13. The topological polar surface area (TPSA) is 61.8 Å². The zero-order valence-electron chi connectivity index (χ0n) is 15.8. The van der Waals surface area contributed by atoms with E-state index in [1.54, 1.807) is 36.4 Å². The van der Waals surface area contributed by atoms with Gasteiger partial charge < -0.3 is 9.47 Å². The third-order valence-corrected chi connectivity index (χ3v) is 5.37. The Balaban J connectivity index is 1.49. The summed E-state index contributed by atoms with van der Waals surface area (Å²) >= 11 is 0. The number of hydrogen-bond donors (Lipinski definition) is 0. The summed E-state index contributed by atoms with van der Waals surface area (Å²) in [5, 5.41) is 0. The van der Waals surface area contributed by atoms with Crippen molar-refractivity contribution >= 4 is 10.1 Å². The standard InChI is InChI=1S/C22H22O5S/c1-17-7-13-21(14-8-17)28(23,24)26-16-15-25-19-9-11-20(12-10-19)27-22-6-4-3-5-18(22)2/h3-14H,15-16H2,1-2H3. The number of para-hydroxylation sites is 1. The first kappa shape index (κ1) is 19.9. The fourth-order valence-corrected chi connectivity index (χ4v) is 3.37. The van der Waals surface area contributed by atoms with Crippen LogP contribution in [0, 0.1) is 13.8 Å². The Bertz CT molecular complexity index is 1010. The highest BCUT2D eigenvalue weighted by molar-refractivity contribution is 7.86. The van der Waals surface area contributed by atoms with E-state index < -0.39 is 10.1 Å². The van der Waals surface area contributed by atoms with E-state index in [9.17, 15) is 8.42 Å². The first-order valence-corrected chi connectivity index (χ1v) is 10.3. The van der Waals surface area contributed by atoms with Crippen molar-refractivity contribution in [3.8, 4) is 17.2 Å². The smallest absolute Gasteiger partial charge is 0.297 e. The Morgan fingerprint density at radius 3 is 2.07 bits per heavy atom. The van der Waals surface area contributed by atoms with Gasteiger partial charge in [0.2, 0.25) is 0 Å². The highest BCUT2D eigenvalue weighted by atomic mass is 32.2. The van der Waals surface area contributed by atoms with Crippen molar-refractivity contribution < 1.29 is 22.1 Å². The van der Waals surface area contributed by atoms with Gasteiger partial charge in [-0.05, 0) is 61.9 Å². The summed E-state index contributed by atoms with van der Waals surface area (Å²) in [5.74, 6) is 2.10. The summed E-state index contributed by atoms with van der Waals surface area (Å²) in [6.07, 6.45) is 0. The van der Waals surface area contributed by atoms with Crippen molar-refractivity contribution in [1.29, 1.82) is 0 Å². The molecule has 3 aromatic rings. The lowest BCUT2D eigenvalue weighted by Gasteiger charge is -2.10. The van der Waals surface area contributed by atoms with Gasteiger partial charge in [0.1, 0.15) is 30.5 Å². The minimum Gasteiger partial charge on any atom is -0.491 e. The van der Waals surface area contributed by atoms with Gasteiger partial charge >= 0.3 is 0 Å². The van der Waals surface area contributed by atoms with Gasteiger partial charge in [-0.15, -0.1) is 0 Å². The molecular formula is C22H22O5S. The van der Waals surface area contributed by atoms with Crippen molar-refractivity contribution in [3.05, 3.63) is 83.9 Å². The molecule has 0 bridgehead atoms. The van der Waals surface area contributed by atoms with E-state index in [1.807, 2.05) is 38.1 Å². The molecule has 0 fully saturated rings. The quantitative estimate of drug-likeness (QED) is 0.400. The molecule has 0 spiro atoms. The first-order valence-electron chi connectivity index (χ1n) is 8.86. The molecule has 3 aromatic carbocycles. The lowest BCUT2D eigenvalue weighted by atomic mass is 10.2. The van der Waals surface area contributed by atoms with Crippen LogP contribution in [0.2, 0.25) is 0 Å². The molecule has 0 aliphatic rings. The molecule has 0 atom stereocenters. The maximum Gasteiger partial charge on any atom is 0.297 e. The van der Waals surface area contributed by atoms with Gasteiger partial charge in [-0.1, -0.05) is 35.9 Å². The molecular weight excluding hydrogens is 376 g/mol. The van der Waals surface area contributed by atoms with Gasteiger partial charge in [-0.3, -0.25) is 4.18 Å². The van der Waals surface area contributed by atoms with Crippen molar-refractivity contribution in [3.63, 3.8) is 0 Å². The molecule has 0 radical (unpaired) electrons. The highest BCUT2D eigenvalue weighted by Gasteiger charge is 2.14. The third-order valence-electron chi connectivity index (χ3n) is 4.05. The van der Waals surface area contributed by atoms with E-state index in [2.05, 4.69) is 0 Å². The molecule has 6 heteroatoms. The van der Waals surface area contributed by atoms with E-state index in [4.69, 9.17) is 13.7 Å². The average Bonchev–Trinajstić information content (AvgIpc) is 2.69. The van der Waals surface area contributed by atoms with Crippen LogP contribution >= 0.6 is 0 Å². The summed E-state index contributed by atoms with van der Waals surface area (Å²) in [6.45, 7) is 3.92. The molecule has 0 saturated carbocycles. The maximum absolute atomic E-state index is 12.1. The van der Waals surface area contributed by atoms with Crippen molar-refractivity contribution in [2.45, 2.75) is 18.7 Å². The first-order chi connectivity index (χ1) is 13.4. The fraction of sp³-hybridized carbons (Fsp3) is 0.182. The predicted molar refractivity (Wildman–Crippen MR) is 108 cm³/mol. The van der Waals surface area contributed by atoms with Gasteiger partial charge in [-0.2, -0.15) is 8.42 Å². The van der Waals surface area contributed by atoms with Crippen LogP contribution < -0.4 is 9.47 Å². The predicted octanol–water partition coefficient (Wildman–Crippen LogP) is 4.88. The van der Waals surface area contributed by atoms with Crippen molar-refractivity contribution in [2.24, 2.45) is 0 Å². The van der Waals surface area contributed by atoms with Crippen LogP contribution in [0.3, 0.4) is 0 Å². The average molecular weight is 398 g/mol. The Morgan fingerprint density at radius 1 is 0.750 bits per heavy atom. The molecule has 0 aliphatic carbocycles. The van der Waals surface area contributed by atoms with Crippen LogP contribution in [0.5, 0.6) is 17.2 Å². The van der Waals surface area contributed by atoms with E-state index in [-0.39, 0.29) is 18.1 Å². The van der Waals surface area contributed by atoms with Gasteiger partial charge in [0, 0.05) is 0 Å². The molecule has 0 heterocycles. The Labute approximate surface area is 165 Å². The van der Waals surface area contributed by atoms with Crippen LogP contribution in [-0.4, -0.2) is 21.6 Å². The second kappa shape index (κ2) is 8.91. The van der Waals surface area contributed by atoms with Crippen LogP contribution in [0.25, 0.3) is 0 Å². The van der Waals surface area contributed by atoms with Crippen molar-refractivity contribution in [2.75, 3.05) is 13.2 Å². The molecule has 146 valence electrons. The van der Waals surface area contributed by atoms with Crippen LogP contribution in [0.4, 0.5) is 0 Å². The van der Waals surface area contributed by atoms with Crippen LogP contribution in [0.1, 0.15) is 11.1 Å². The van der Waals surface area contributed by atoms with E-state index >= 15 is 0 Å². The molecule has 0 saturated heterocycles. The number of benzene rings is 3. The number of aryl methyl sites for hydroxylation is 2. The minimum absolute atomic E-state index is 0.0718. The van der Waals surface area contributed by atoms with Crippen molar-refractivity contribution in [1.82, 2.24) is 0 Å². The summed E-state index contributed by atoms with van der Waals surface area (Å²) in [5.41, 5.74) is 2.03. The largest absolute Gasteiger partial charge is 0.491 e. The maximum atomic E-state index is 12.1. The van der Waals surface area contributed by atoms with Gasteiger partial charge in [0.05, 0.1) is 4.90 Å². The molecule has 0 amide bonds. The van der Waals surface area contributed by atoms with Gasteiger partial charge in [0.15, 0.2) is 0 Å². The molecule has 5 nitrogen and oxygen atoms in total. The second-order valence-corrected chi connectivity index (χ2v) is 7.89. The zero-order chi connectivity index (χ0) is 20.0. The molecule has 0 N–H and O–H groups in total. The van der Waals surface area contributed by atoms with Gasteiger partial charge in [0.25, 0.3) is 10.1 Å². The van der Waals surface area contributed by atoms with E-state index in [0.717, 1.165) is 16.9 Å². The van der Waals surface area contributed by atoms with Crippen LogP contribution in [-0.2, 0) is 14.3 Å². The second-order valence-electron chi connectivity index (χ2n) is 6.28. The Hall–Kier alpha value is -2.83. The summed E-state index contributed by atoms with van der Waals surface area (Å²) in [4.78, 5) is 0.135. The third kappa shape index (κ3) is 5.34. The summed E-state index contributed by atoms with van der Waals surface area (Å²) in [7, 11) is -3.78. The van der Waals surface area contributed by atoms with E-state index in [0.29, 0.717) is 11.5 Å². The minimum atomic E-state index is -3.78. The SMILES string of the molecule is Cc1ccc(S(=O)(=O)OCCOc2ccc(Oc3ccccc3C)cc2)cc1. The highest BCUT2D eigenvalue weighted by Crippen LogP contribution is 2.26. The normalized spacial score (nSPS) is 11.2. The molecule has 0 unspecified atom stereocenters. The molecule has 0 aromatic heterocycles. The van der Waals surface area contributed by atoms with Gasteiger partial charge in [-0.25, -0.2) is 0 Å². The molecule has 28 heavy (non-hydrogen) atoms. The lowest BCUT2D eigenvalue weighted by molar-refractivity contribution is 0.221. The zero-order valence-corrected chi connectivity index (χ0v) is 16.6. The number of ether oxygens (including phenoxy) is 2.